The van der Waals surface area contributed by atoms with Crippen molar-refractivity contribution in [3.8, 4) is 0 Å². The summed E-state index contributed by atoms with van der Waals surface area (Å²) in [5, 5.41) is 3.73. The second-order valence-corrected chi connectivity index (χ2v) is 5.43. The number of fused-ring (bicyclic) bond motifs is 1. The minimum absolute atomic E-state index is 0.874. The number of rotatable bonds is 5. The normalized spacial score (nSPS) is 36.7. The average molecular weight is 181 g/mol. The molecule has 2 bridgehead atoms. The minimum Gasteiger partial charge on any atom is -0.314 e. The third-order valence-electron chi connectivity index (χ3n) is 3.79. The molecule has 0 aromatic heterocycles. The lowest BCUT2D eigenvalue weighted by molar-refractivity contribution is 0.281. The Labute approximate surface area is 82.3 Å². The van der Waals surface area contributed by atoms with Gasteiger partial charge in [-0.1, -0.05) is 13.8 Å². The third kappa shape index (κ3) is 2.25. The molecule has 3 rings (SSSR count). The number of hydrogen-bond donors (Lipinski definition) is 1. The van der Waals surface area contributed by atoms with E-state index in [4.69, 9.17) is 0 Å². The topological polar surface area (TPSA) is 12.0 Å². The molecule has 13 heavy (non-hydrogen) atoms. The molecule has 3 saturated carbocycles. The molecule has 0 spiro atoms. The Morgan fingerprint density at radius 3 is 2.54 bits per heavy atom. The summed E-state index contributed by atoms with van der Waals surface area (Å²) in [6.45, 7) is 5.88. The summed E-state index contributed by atoms with van der Waals surface area (Å²) in [5.41, 5.74) is 0. The Balaban J connectivity index is 1.53. The van der Waals surface area contributed by atoms with E-state index in [0.717, 1.165) is 23.8 Å². The van der Waals surface area contributed by atoms with Gasteiger partial charge in [0.15, 0.2) is 0 Å². The maximum absolute atomic E-state index is 3.73. The Bertz CT molecular complexity index is 159. The highest BCUT2D eigenvalue weighted by atomic mass is 14.9. The lowest BCUT2D eigenvalue weighted by Gasteiger charge is -2.24. The summed E-state index contributed by atoms with van der Waals surface area (Å²) in [7, 11) is 0. The van der Waals surface area contributed by atoms with E-state index in [1.165, 1.54) is 38.6 Å². The van der Waals surface area contributed by atoms with Gasteiger partial charge >= 0.3 is 0 Å². The molecule has 0 saturated heterocycles. The van der Waals surface area contributed by atoms with Gasteiger partial charge in [-0.15, -0.1) is 0 Å². The Kier molecular flexibility index (Phi) is 2.92. The Morgan fingerprint density at radius 1 is 1.23 bits per heavy atom. The van der Waals surface area contributed by atoms with Gasteiger partial charge in [0.05, 0.1) is 0 Å². The van der Waals surface area contributed by atoms with Crippen LogP contribution in [0, 0.1) is 17.8 Å². The van der Waals surface area contributed by atoms with Gasteiger partial charge in [-0.3, -0.25) is 0 Å². The molecule has 0 aliphatic heterocycles. The summed E-state index contributed by atoms with van der Waals surface area (Å²) in [6.07, 6.45) is 7.29. The van der Waals surface area contributed by atoms with Crippen molar-refractivity contribution in [2.75, 3.05) is 6.54 Å². The fraction of sp³-hybridized carbons (Fsp3) is 1.00. The zero-order chi connectivity index (χ0) is 9.26. The van der Waals surface area contributed by atoms with Crippen LogP contribution in [0.4, 0.5) is 0 Å². The van der Waals surface area contributed by atoms with Crippen LogP contribution in [0.3, 0.4) is 0 Å². The van der Waals surface area contributed by atoms with Gasteiger partial charge in [0.2, 0.25) is 0 Å². The van der Waals surface area contributed by atoms with E-state index in [1.54, 1.807) is 0 Å². The second kappa shape index (κ2) is 4.00. The minimum atomic E-state index is 0.874. The maximum atomic E-state index is 3.73. The van der Waals surface area contributed by atoms with Crippen LogP contribution in [0.5, 0.6) is 0 Å². The van der Waals surface area contributed by atoms with Crippen LogP contribution in [-0.2, 0) is 0 Å². The molecule has 0 aromatic carbocycles. The zero-order valence-electron chi connectivity index (χ0n) is 9.05. The molecule has 1 N–H and O–H groups in total. The summed E-state index contributed by atoms with van der Waals surface area (Å²) in [6, 6.07) is 0.900. The summed E-state index contributed by atoms with van der Waals surface area (Å²) < 4.78 is 0. The van der Waals surface area contributed by atoms with Crippen molar-refractivity contribution in [2.45, 2.75) is 52.0 Å². The van der Waals surface area contributed by atoms with Crippen LogP contribution in [0.15, 0.2) is 0 Å². The SMILES string of the molecule is CC(C)CCCNC1C[C@H]2C[C@H]1C2. The summed E-state index contributed by atoms with van der Waals surface area (Å²) in [4.78, 5) is 0. The fourth-order valence-electron chi connectivity index (χ4n) is 2.91. The van der Waals surface area contributed by atoms with Crippen LogP contribution in [0.1, 0.15) is 46.0 Å². The van der Waals surface area contributed by atoms with Gasteiger partial charge < -0.3 is 5.32 Å². The zero-order valence-corrected chi connectivity index (χ0v) is 9.05. The van der Waals surface area contributed by atoms with E-state index in [-0.39, 0.29) is 0 Å². The van der Waals surface area contributed by atoms with Crippen LogP contribution in [0.2, 0.25) is 0 Å². The van der Waals surface area contributed by atoms with E-state index in [0.29, 0.717) is 0 Å². The first-order chi connectivity index (χ1) is 6.25. The van der Waals surface area contributed by atoms with Gasteiger partial charge in [-0.25, -0.2) is 0 Å². The van der Waals surface area contributed by atoms with Crippen molar-refractivity contribution in [3.63, 3.8) is 0 Å². The van der Waals surface area contributed by atoms with Crippen molar-refractivity contribution in [2.24, 2.45) is 17.8 Å². The van der Waals surface area contributed by atoms with Crippen molar-refractivity contribution < 1.29 is 0 Å². The first kappa shape index (κ1) is 9.51. The van der Waals surface area contributed by atoms with Gasteiger partial charge in [0.1, 0.15) is 0 Å². The predicted octanol–water partition coefficient (Wildman–Crippen LogP) is 2.81. The van der Waals surface area contributed by atoms with Crippen molar-refractivity contribution in [1.29, 1.82) is 0 Å². The van der Waals surface area contributed by atoms with Gasteiger partial charge in [0, 0.05) is 6.04 Å². The molecule has 3 aliphatic rings. The predicted molar refractivity (Wildman–Crippen MR) is 56.7 cm³/mol. The lowest BCUT2D eigenvalue weighted by Crippen LogP contribution is -2.32. The van der Waals surface area contributed by atoms with E-state index < -0.39 is 0 Å². The largest absolute Gasteiger partial charge is 0.314 e. The molecule has 0 radical (unpaired) electrons. The van der Waals surface area contributed by atoms with Crippen LogP contribution < -0.4 is 5.32 Å². The highest BCUT2D eigenvalue weighted by molar-refractivity contribution is 4.98. The van der Waals surface area contributed by atoms with E-state index >= 15 is 0 Å². The lowest BCUT2D eigenvalue weighted by atomic mass is 9.84. The van der Waals surface area contributed by atoms with Crippen molar-refractivity contribution in [1.82, 2.24) is 5.32 Å². The summed E-state index contributed by atoms with van der Waals surface area (Å²) in [5.74, 6) is 3.04. The number of hydrogen-bond acceptors (Lipinski definition) is 1. The standard InChI is InChI=1S/C12H23N/c1-9(2)4-3-5-13-12-8-10-6-11(12)7-10/h9-13H,3-8H2,1-2H3/t10-,11-,12?. The van der Waals surface area contributed by atoms with E-state index in [1.807, 2.05) is 0 Å². The highest BCUT2D eigenvalue weighted by Crippen LogP contribution is 2.48. The Hall–Kier alpha value is -0.0400. The third-order valence-corrected chi connectivity index (χ3v) is 3.79. The first-order valence-electron chi connectivity index (χ1n) is 5.99. The molecule has 1 unspecified atom stereocenters. The molecule has 1 nitrogen and oxygen atoms in total. The quantitative estimate of drug-likeness (QED) is 0.643. The average Bonchev–Trinajstić information content (AvgIpc) is 2.53. The molecule has 1 heteroatoms. The maximum Gasteiger partial charge on any atom is 0.00981 e. The van der Waals surface area contributed by atoms with Crippen LogP contribution in [-0.4, -0.2) is 12.6 Å². The molecule has 3 aliphatic carbocycles. The van der Waals surface area contributed by atoms with Crippen LogP contribution >= 0.6 is 0 Å². The molecule has 0 heterocycles. The smallest absolute Gasteiger partial charge is 0.00981 e. The second-order valence-electron chi connectivity index (χ2n) is 5.43. The van der Waals surface area contributed by atoms with Gasteiger partial charge in [-0.05, 0) is 56.4 Å². The molecular weight excluding hydrogens is 158 g/mol. The monoisotopic (exact) mass is 181 g/mol. The van der Waals surface area contributed by atoms with Crippen molar-refractivity contribution >= 4 is 0 Å². The molecule has 3 fully saturated rings. The molecule has 76 valence electrons. The Morgan fingerprint density at radius 2 is 2.00 bits per heavy atom. The molecule has 0 amide bonds. The van der Waals surface area contributed by atoms with E-state index in [9.17, 15) is 0 Å². The molecular formula is C12H23N. The summed E-state index contributed by atoms with van der Waals surface area (Å²) >= 11 is 0. The van der Waals surface area contributed by atoms with Gasteiger partial charge in [0.25, 0.3) is 0 Å². The van der Waals surface area contributed by atoms with E-state index in [2.05, 4.69) is 19.2 Å². The van der Waals surface area contributed by atoms with Crippen LogP contribution in [0.25, 0.3) is 0 Å². The highest BCUT2D eigenvalue weighted by Gasteiger charge is 2.43. The number of nitrogens with one attached hydrogen (secondary N) is 1. The molecule has 0 aromatic rings. The fourth-order valence-corrected chi connectivity index (χ4v) is 2.91. The van der Waals surface area contributed by atoms with Gasteiger partial charge in [-0.2, -0.15) is 0 Å². The van der Waals surface area contributed by atoms with Crippen molar-refractivity contribution in [3.05, 3.63) is 0 Å². The first-order valence-corrected chi connectivity index (χ1v) is 5.99. The molecule has 1 atom stereocenters.